The van der Waals surface area contributed by atoms with Crippen LogP contribution in [0.1, 0.15) is 52.6 Å². The Balaban J connectivity index is 0.000000294. The number of carbonyl (C=O) groups excluding carboxylic acids is 4. The molecule has 3 aromatic rings. The van der Waals surface area contributed by atoms with Crippen LogP contribution < -0.4 is 4.74 Å². The minimum atomic E-state index is -0.857. The maximum atomic E-state index is 12.7. The zero-order chi connectivity index (χ0) is 27.2. The lowest BCUT2D eigenvalue weighted by Crippen LogP contribution is -2.28. The first-order valence-electron chi connectivity index (χ1n) is 12.0. The first-order valence-corrected chi connectivity index (χ1v) is 12.0. The molecule has 7 nitrogen and oxygen atoms in total. The molecule has 3 rings (SSSR count). The van der Waals surface area contributed by atoms with Gasteiger partial charge >= 0.3 is 17.9 Å². The van der Waals surface area contributed by atoms with Gasteiger partial charge in [0.2, 0.25) is 0 Å². The van der Waals surface area contributed by atoms with Gasteiger partial charge in [-0.05, 0) is 49.1 Å². The third kappa shape index (κ3) is 9.04. The summed E-state index contributed by atoms with van der Waals surface area (Å²) in [7, 11) is 1.58. The van der Waals surface area contributed by atoms with Gasteiger partial charge in [-0.25, -0.2) is 4.79 Å². The smallest absolute Gasteiger partial charge is 0.346 e. The van der Waals surface area contributed by atoms with Crippen LogP contribution in [-0.4, -0.2) is 37.4 Å². The van der Waals surface area contributed by atoms with Gasteiger partial charge in [-0.1, -0.05) is 67.6 Å². The Kier molecular flexibility index (Phi) is 11.7. The SMILES string of the molecule is CCOC(=O)C(Cc1cccc(OC)c1)C(=O)c1ccccc1.CCc1ccccc1C(=O)OC(C)=O. The van der Waals surface area contributed by atoms with Gasteiger partial charge in [-0.3, -0.25) is 14.4 Å². The molecule has 37 heavy (non-hydrogen) atoms. The van der Waals surface area contributed by atoms with Gasteiger partial charge < -0.3 is 14.2 Å². The number of hydrogen-bond donors (Lipinski definition) is 0. The number of esters is 3. The van der Waals surface area contributed by atoms with Gasteiger partial charge in [-0.15, -0.1) is 0 Å². The van der Waals surface area contributed by atoms with Crippen molar-refractivity contribution in [2.45, 2.75) is 33.6 Å². The minimum Gasteiger partial charge on any atom is -0.497 e. The van der Waals surface area contributed by atoms with Crippen LogP contribution in [0, 0.1) is 5.92 Å². The zero-order valence-corrected chi connectivity index (χ0v) is 21.6. The molecule has 0 aromatic heterocycles. The second-order valence-electron chi connectivity index (χ2n) is 7.98. The lowest BCUT2D eigenvalue weighted by atomic mass is 9.91. The quantitative estimate of drug-likeness (QED) is 0.223. The van der Waals surface area contributed by atoms with Gasteiger partial charge in [0.15, 0.2) is 5.78 Å². The normalized spacial score (nSPS) is 10.8. The highest BCUT2D eigenvalue weighted by atomic mass is 16.6. The summed E-state index contributed by atoms with van der Waals surface area (Å²) in [5, 5.41) is 0. The Hall–Kier alpha value is -4.26. The molecule has 0 fully saturated rings. The predicted octanol–water partition coefficient (Wildman–Crippen LogP) is 5.25. The molecule has 3 aromatic carbocycles. The van der Waals surface area contributed by atoms with Crippen LogP contribution in [0.5, 0.6) is 5.75 Å². The highest BCUT2D eigenvalue weighted by molar-refractivity contribution is 6.08. The standard InChI is InChI=1S/C19H20O4.C11H12O3/c1-3-23-19(21)17(18(20)15-9-5-4-6-10-15)13-14-8-7-11-16(12-14)22-2;1-3-9-6-4-5-7-10(9)11(13)14-8(2)12/h4-12,17H,3,13H2,1-2H3;4-7H,3H2,1-2H3. The van der Waals surface area contributed by atoms with Crippen molar-refractivity contribution in [3.8, 4) is 5.75 Å². The Morgan fingerprint density at radius 2 is 1.51 bits per heavy atom. The molecule has 0 aliphatic heterocycles. The van der Waals surface area contributed by atoms with Gasteiger partial charge in [0, 0.05) is 12.5 Å². The highest BCUT2D eigenvalue weighted by Crippen LogP contribution is 2.20. The molecule has 1 unspecified atom stereocenters. The van der Waals surface area contributed by atoms with Crippen LogP contribution >= 0.6 is 0 Å². The zero-order valence-electron chi connectivity index (χ0n) is 21.6. The fraction of sp³-hybridized carbons (Fsp3) is 0.267. The van der Waals surface area contributed by atoms with Gasteiger partial charge in [0.25, 0.3) is 0 Å². The number of aryl methyl sites for hydroxylation is 1. The van der Waals surface area contributed by atoms with E-state index in [9.17, 15) is 19.2 Å². The van der Waals surface area contributed by atoms with E-state index in [-0.39, 0.29) is 18.8 Å². The molecule has 0 aliphatic carbocycles. The molecule has 7 heteroatoms. The summed E-state index contributed by atoms with van der Waals surface area (Å²) in [6, 6.07) is 23.3. The highest BCUT2D eigenvalue weighted by Gasteiger charge is 2.29. The molecule has 0 spiro atoms. The summed E-state index contributed by atoms with van der Waals surface area (Å²) in [4.78, 5) is 46.9. The lowest BCUT2D eigenvalue weighted by molar-refractivity contribution is -0.146. The first-order chi connectivity index (χ1) is 17.8. The molecule has 0 heterocycles. The van der Waals surface area contributed by atoms with Crippen LogP contribution in [0.25, 0.3) is 0 Å². The molecule has 0 bridgehead atoms. The Morgan fingerprint density at radius 3 is 2.14 bits per heavy atom. The summed E-state index contributed by atoms with van der Waals surface area (Å²) in [6.07, 6.45) is 1.02. The number of ether oxygens (including phenoxy) is 3. The van der Waals surface area contributed by atoms with Crippen molar-refractivity contribution in [1.29, 1.82) is 0 Å². The van der Waals surface area contributed by atoms with Gasteiger partial charge in [0.05, 0.1) is 19.3 Å². The fourth-order valence-corrected chi connectivity index (χ4v) is 3.58. The Morgan fingerprint density at radius 1 is 0.838 bits per heavy atom. The summed E-state index contributed by atoms with van der Waals surface area (Å²) in [5.74, 6) is -2.05. The largest absolute Gasteiger partial charge is 0.497 e. The minimum absolute atomic E-state index is 0.230. The first kappa shape index (κ1) is 29.0. The number of methoxy groups -OCH3 is 1. The van der Waals surface area contributed by atoms with Crippen molar-refractivity contribution in [2.24, 2.45) is 5.92 Å². The summed E-state index contributed by atoms with van der Waals surface area (Å²) in [6.45, 7) is 5.13. The van der Waals surface area contributed by atoms with Crippen LogP contribution in [0.2, 0.25) is 0 Å². The molecule has 0 amide bonds. The van der Waals surface area contributed by atoms with Gasteiger partial charge in [0.1, 0.15) is 11.7 Å². The van der Waals surface area contributed by atoms with E-state index < -0.39 is 23.8 Å². The topological polar surface area (TPSA) is 96.0 Å². The number of Topliss-reactive ketones (excluding diaryl/α,β-unsaturated/α-hetero) is 1. The van der Waals surface area contributed by atoms with Crippen LogP contribution in [-0.2, 0) is 31.9 Å². The summed E-state index contributed by atoms with van der Waals surface area (Å²) < 4.78 is 14.8. The third-order valence-corrected chi connectivity index (χ3v) is 5.37. The molecule has 1 atom stereocenters. The Labute approximate surface area is 217 Å². The van der Waals surface area contributed by atoms with E-state index in [1.54, 1.807) is 50.4 Å². The summed E-state index contributed by atoms with van der Waals surface area (Å²) in [5.41, 5.74) is 2.71. The van der Waals surface area contributed by atoms with Crippen molar-refractivity contribution < 1.29 is 33.4 Å². The van der Waals surface area contributed by atoms with Crippen molar-refractivity contribution >= 4 is 23.7 Å². The molecular weight excluding hydrogens is 472 g/mol. The Bertz CT molecular complexity index is 1200. The van der Waals surface area contributed by atoms with E-state index in [0.29, 0.717) is 16.9 Å². The van der Waals surface area contributed by atoms with E-state index >= 15 is 0 Å². The molecule has 0 saturated heterocycles. The van der Waals surface area contributed by atoms with E-state index in [1.807, 2.05) is 49.4 Å². The molecule has 194 valence electrons. The molecule has 0 radical (unpaired) electrons. The van der Waals surface area contributed by atoms with Crippen molar-refractivity contribution in [3.63, 3.8) is 0 Å². The monoisotopic (exact) mass is 504 g/mol. The van der Waals surface area contributed by atoms with Crippen molar-refractivity contribution in [2.75, 3.05) is 13.7 Å². The third-order valence-electron chi connectivity index (χ3n) is 5.37. The molecule has 0 N–H and O–H groups in total. The fourth-order valence-electron chi connectivity index (χ4n) is 3.58. The lowest BCUT2D eigenvalue weighted by Gasteiger charge is -2.15. The second kappa shape index (κ2) is 15.0. The number of carbonyl (C=O) groups is 4. The molecular formula is C30H32O7. The maximum absolute atomic E-state index is 12.7. The average Bonchev–Trinajstić information content (AvgIpc) is 2.92. The van der Waals surface area contributed by atoms with E-state index in [0.717, 1.165) is 17.5 Å². The van der Waals surface area contributed by atoms with E-state index in [1.165, 1.54) is 6.92 Å². The second-order valence-corrected chi connectivity index (χ2v) is 7.98. The van der Waals surface area contributed by atoms with E-state index in [2.05, 4.69) is 4.74 Å². The van der Waals surface area contributed by atoms with Crippen LogP contribution in [0.15, 0.2) is 78.9 Å². The predicted molar refractivity (Wildman–Crippen MR) is 140 cm³/mol. The van der Waals surface area contributed by atoms with Crippen molar-refractivity contribution in [3.05, 3.63) is 101 Å². The molecule has 0 saturated carbocycles. The van der Waals surface area contributed by atoms with Crippen molar-refractivity contribution in [1.82, 2.24) is 0 Å². The van der Waals surface area contributed by atoms with Crippen LogP contribution in [0.3, 0.4) is 0 Å². The number of hydrogen-bond acceptors (Lipinski definition) is 7. The maximum Gasteiger partial charge on any atom is 0.346 e. The summed E-state index contributed by atoms with van der Waals surface area (Å²) >= 11 is 0. The van der Waals surface area contributed by atoms with E-state index in [4.69, 9.17) is 9.47 Å². The number of benzene rings is 3. The van der Waals surface area contributed by atoms with Crippen LogP contribution in [0.4, 0.5) is 0 Å². The number of ketones is 1. The van der Waals surface area contributed by atoms with Gasteiger partial charge in [-0.2, -0.15) is 0 Å². The molecule has 0 aliphatic rings. The number of rotatable bonds is 9. The average molecular weight is 505 g/mol.